The lowest BCUT2D eigenvalue weighted by Crippen LogP contribution is -2.41. The predicted molar refractivity (Wildman–Crippen MR) is 69.3 cm³/mol. The first-order chi connectivity index (χ1) is 8.73. The Balaban J connectivity index is 3.16. The number of hydrogen-bond acceptors (Lipinski definition) is 4. The van der Waals surface area contributed by atoms with E-state index < -0.39 is 23.7 Å². The molecule has 0 radical (unpaired) electrons. The molecule has 0 aliphatic rings. The van der Waals surface area contributed by atoms with Crippen LogP contribution in [0.5, 0.6) is 5.75 Å². The summed E-state index contributed by atoms with van der Waals surface area (Å²) < 4.78 is 31.8. The third-order valence-corrected chi connectivity index (χ3v) is 3.72. The Hall–Kier alpha value is -0.920. The monoisotopic (exact) mass is 357 g/mol. The number of phenolic OH excluding ortho intramolecular Hbond substituents is 1. The van der Waals surface area contributed by atoms with Crippen molar-refractivity contribution in [1.82, 2.24) is 0 Å². The molecule has 1 atom stereocenters. The maximum absolute atomic E-state index is 13.7. The number of benzene rings is 1. The van der Waals surface area contributed by atoms with Gasteiger partial charge in [0, 0.05) is 5.56 Å². The molecule has 0 spiro atoms. The third kappa shape index (κ3) is 3.16. The average Bonchev–Trinajstić information content (AvgIpc) is 2.35. The number of alkyl halides is 2. The molecule has 4 nitrogen and oxygen atoms in total. The van der Waals surface area contributed by atoms with Crippen molar-refractivity contribution in [2.24, 2.45) is 5.73 Å². The van der Waals surface area contributed by atoms with E-state index in [-0.39, 0.29) is 21.7 Å². The molecule has 0 unspecified atom stereocenters. The van der Waals surface area contributed by atoms with E-state index in [0.717, 1.165) is 6.07 Å². The molecular formula is C11H11BrClF2NO3. The van der Waals surface area contributed by atoms with Crippen LogP contribution in [0.25, 0.3) is 0 Å². The van der Waals surface area contributed by atoms with Gasteiger partial charge in [-0.15, -0.1) is 0 Å². The molecule has 0 saturated heterocycles. The third-order valence-electron chi connectivity index (χ3n) is 2.37. The van der Waals surface area contributed by atoms with Crippen molar-refractivity contribution >= 4 is 33.5 Å². The number of phenols is 1. The Bertz CT molecular complexity index is 499. The number of carbonyl (C=O) groups excluding carboxylic acids is 1. The van der Waals surface area contributed by atoms with Crippen LogP contribution in [0, 0.1) is 0 Å². The summed E-state index contributed by atoms with van der Waals surface area (Å²) in [5.74, 6) is -6.24. The van der Waals surface area contributed by atoms with Crippen LogP contribution in [0.4, 0.5) is 8.78 Å². The molecule has 0 heterocycles. The van der Waals surface area contributed by atoms with Gasteiger partial charge < -0.3 is 15.6 Å². The summed E-state index contributed by atoms with van der Waals surface area (Å²) in [6.07, 6.45) is 0. The Morgan fingerprint density at radius 2 is 2.21 bits per heavy atom. The number of ether oxygens (including phenoxy) is 1. The lowest BCUT2D eigenvalue weighted by atomic mass is 10.0. The summed E-state index contributed by atoms with van der Waals surface area (Å²) in [7, 11) is 0. The van der Waals surface area contributed by atoms with Crippen LogP contribution in [0.3, 0.4) is 0 Å². The van der Waals surface area contributed by atoms with Crippen LogP contribution in [0.2, 0.25) is 5.02 Å². The maximum Gasteiger partial charge on any atom is 0.379 e. The van der Waals surface area contributed by atoms with Gasteiger partial charge in [-0.05, 0) is 28.9 Å². The van der Waals surface area contributed by atoms with E-state index >= 15 is 0 Å². The number of esters is 1. The Kier molecular flexibility index (Phi) is 5.11. The van der Waals surface area contributed by atoms with E-state index in [9.17, 15) is 18.7 Å². The highest BCUT2D eigenvalue weighted by molar-refractivity contribution is 9.10. The van der Waals surface area contributed by atoms with Crippen molar-refractivity contribution in [2.75, 3.05) is 6.61 Å². The van der Waals surface area contributed by atoms with Crippen LogP contribution < -0.4 is 5.73 Å². The van der Waals surface area contributed by atoms with Crippen molar-refractivity contribution in [3.63, 3.8) is 0 Å². The minimum Gasteiger partial charge on any atom is -0.506 e. The summed E-state index contributed by atoms with van der Waals surface area (Å²) >= 11 is 8.62. The molecule has 0 saturated carbocycles. The van der Waals surface area contributed by atoms with Gasteiger partial charge in [0.1, 0.15) is 11.8 Å². The van der Waals surface area contributed by atoms with E-state index in [1.165, 1.54) is 13.0 Å². The van der Waals surface area contributed by atoms with E-state index in [2.05, 4.69) is 20.7 Å². The minimum atomic E-state index is -3.96. The molecule has 1 aromatic rings. The van der Waals surface area contributed by atoms with Gasteiger partial charge in [-0.2, -0.15) is 8.78 Å². The maximum atomic E-state index is 13.7. The lowest BCUT2D eigenvalue weighted by Gasteiger charge is -2.23. The quantitative estimate of drug-likeness (QED) is 0.812. The minimum absolute atomic E-state index is 0.0294. The largest absolute Gasteiger partial charge is 0.506 e. The molecule has 0 aliphatic carbocycles. The average molecular weight is 359 g/mol. The molecule has 8 heteroatoms. The summed E-state index contributed by atoms with van der Waals surface area (Å²) in [5, 5.41) is 9.86. The van der Waals surface area contributed by atoms with E-state index in [1.807, 2.05) is 0 Å². The molecule has 1 aromatic carbocycles. The number of rotatable bonds is 4. The van der Waals surface area contributed by atoms with Gasteiger partial charge in [0.15, 0.2) is 0 Å². The summed E-state index contributed by atoms with van der Waals surface area (Å²) in [5.41, 5.74) is 5.04. The first kappa shape index (κ1) is 16.1. The Labute approximate surface area is 121 Å². The van der Waals surface area contributed by atoms with Crippen LogP contribution in [-0.4, -0.2) is 23.6 Å². The van der Waals surface area contributed by atoms with E-state index in [0.29, 0.717) is 0 Å². The van der Waals surface area contributed by atoms with E-state index in [4.69, 9.17) is 17.3 Å². The number of halogens is 4. The molecule has 19 heavy (non-hydrogen) atoms. The number of aromatic hydroxyl groups is 1. The van der Waals surface area contributed by atoms with Crippen molar-refractivity contribution in [3.8, 4) is 5.75 Å². The zero-order valence-corrected chi connectivity index (χ0v) is 12.1. The van der Waals surface area contributed by atoms with E-state index in [1.54, 1.807) is 0 Å². The highest BCUT2D eigenvalue weighted by Crippen LogP contribution is 2.41. The molecule has 3 N–H and O–H groups in total. The highest BCUT2D eigenvalue weighted by atomic mass is 79.9. The Morgan fingerprint density at radius 3 is 2.74 bits per heavy atom. The van der Waals surface area contributed by atoms with Crippen LogP contribution in [0.1, 0.15) is 18.5 Å². The lowest BCUT2D eigenvalue weighted by molar-refractivity contribution is -0.174. The van der Waals surface area contributed by atoms with Gasteiger partial charge in [-0.1, -0.05) is 17.7 Å². The number of carbonyl (C=O) groups is 1. The van der Waals surface area contributed by atoms with Gasteiger partial charge in [-0.25, -0.2) is 4.79 Å². The molecule has 0 amide bonds. The SMILES string of the molecule is CCOC(=O)C(F)(F)[C@@H](N)c1ccc(Cl)c(Br)c1O. The molecule has 0 bridgehead atoms. The zero-order chi connectivity index (χ0) is 14.8. The smallest absolute Gasteiger partial charge is 0.379 e. The van der Waals surface area contributed by atoms with Gasteiger partial charge in [-0.3, -0.25) is 0 Å². The number of nitrogens with two attached hydrogens (primary N) is 1. The topological polar surface area (TPSA) is 72.5 Å². The fraction of sp³-hybridized carbons (Fsp3) is 0.364. The second-order valence-corrected chi connectivity index (χ2v) is 4.82. The second kappa shape index (κ2) is 6.02. The zero-order valence-electron chi connectivity index (χ0n) is 9.79. The molecular weight excluding hydrogens is 347 g/mol. The highest BCUT2D eigenvalue weighted by Gasteiger charge is 2.48. The van der Waals surface area contributed by atoms with Crippen molar-refractivity contribution in [3.05, 3.63) is 27.2 Å². The van der Waals surface area contributed by atoms with Crippen molar-refractivity contribution in [1.29, 1.82) is 0 Å². The summed E-state index contributed by atoms with van der Waals surface area (Å²) in [6, 6.07) is 0.363. The Morgan fingerprint density at radius 1 is 1.63 bits per heavy atom. The van der Waals surface area contributed by atoms with Crippen molar-refractivity contribution < 1.29 is 23.4 Å². The van der Waals surface area contributed by atoms with Crippen LogP contribution in [0.15, 0.2) is 16.6 Å². The second-order valence-electron chi connectivity index (χ2n) is 3.62. The molecule has 0 aromatic heterocycles. The molecule has 106 valence electrons. The normalized spacial score (nSPS) is 13.2. The van der Waals surface area contributed by atoms with Crippen LogP contribution >= 0.6 is 27.5 Å². The summed E-state index contributed by atoms with van der Waals surface area (Å²) in [4.78, 5) is 11.2. The van der Waals surface area contributed by atoms with Gasteiger partial charge in [0.25, 0.3) is 0 Å². The van der Waals surface area contributed by atoms with Crippen molar-refractivity contribution in [2.45, 2.75) is 18.9 Å². The van der Waals surface area contributed by atoms with Gasteiger partial charge >= 0.3 is 11.9 Å². The van der Waals surface area contributed by atoms with Gasteiger partial charge in [0.2, 0.25) is 0 Å². The number of hydrogen-bond donors (Lipinski definition) is 2. The van der Waals surface area contributed by atoms with Crippen LogP contribution in [-0.2, 0) is 9.53 Å². The fourth-order valence-electron chi connectivity index (χ4n) is 1.36. The molecule has 0 aliphatic heterocycles. The summed E-state index contributed by atoms with van der Waals surface area (Å²) in [6.45, 7) is 1.20. The first-order valence-electron chi connectivity index (χ1n) is 5.20. The first-order valence-corrected chi connectivity index (χ1v) is 6.38. The standard InChI is InChI=1S/C11H11BrClF2NO3/c1-2-19-10(18)11(14,15)9(16)5-3-4-6(13)7(12)8(5)17/h3-4,9,17H,2,16H2,1H3/t9-/m0/s1. The molecule has 1 rings (SSSR count). The predicted octanol–water partition coefficient (Wildman–Crippen LogP) is 3.01. The van der Waals surface area contributed by atoms with Gasteiger partial charge in [0.05, 0.1) is 16.1 Å². The fourth-order valence-corrected chi connectivity index (χ4v) is 1.87. The molecule has 0 fully saturated rings.